The molecule has 3 N–H and O–H groups in total. The molecule has 0 spiro atoms. The first-order chi connectivity index (χ1) is 7.04. The Labute approximate surface area is 85.5 Å². The largest absolute Gasteiger partial charge is 0.481 e. The van der Waals surface area contributed by atoms with Crippen molar-refractivity contribution in [1.82, 2.24) is 0 Å². The van der Waals surface area contributed by atoms with E-state index >= 15 is 0 Å². The molecule has 0 saturated carbocycles. The number of nitrogens with two attached hydrogens (primary N) is 1. The third-order valence-electron chi connectivity index (χ3n) is 2.10. The summed E-state index contributed by atoms with van der Waals surface area (Å²) in [7, 11) is 0. The number of carbonyl (C=O) groups is 1. The number of aliphatic carboxylic acids is 1. The molecule has 0 aliphatic heterocycles. The second-order valence-corrected chi connectivity index (χ2v) is 3.22. The Hall–Kier alpha value is -1.49. The van der Waals surface area contributed by atoms with Crippen LogP contribution in [0.2, 0.25) is 0 Å². The van der Waals surface area contributed by atoms with Crippen LogP contribution < -0.4 is 5.73 Å². The summed E-state index contributed by atoms with van der Waals surface area (Å²) in [5.74, 6) is -3.73. The van der Waals surface area contributed by atoms with Crippen LogP contribution in [0.4, 0.5) is 8.78 Å². The summed E-state index contributed by atoms with van der Waals surface area (Å²) in [5.41, 5.74) is 5.66. The zero-order valence-corrected chi connectivity index (χ0v) is 7.91. The number of carboxylic acids is 1. The molecular weight excluding hydrogens is 204 g/mol. The summed E-state index contributed by atoms with van der Waals surface area (Å²) in [6, 6.07) is 3.31. The highest BCUT2D eigenvalue weighted by molar-refractivity contribution is 5.70. The zero-order chi connectivity index (χ0) is 11.4. The lowest BCUT2D eigenvalue weighted by molar-refractivity contribution is -0.141. The van der Waals surface area contributed by atoms with Gasteiger partial charge >= 0.3 is 5.97 Å². The maximum absolute atomic E-state index is 12.8. The third kappa shape index (κ3) is 2.99. The predicted molar refractivity (Wildman–Crippen MR) is 50.2 cm³/mol. The minimum Gasteiger partial charge on any atom is -0.481 e. The van der Waals surface area contributed by atoms with Crippen LogP contribution in [0.25, 0.3) is 0 Å². The van der Waals surface area contributed by atoms with Gasteiger partial charge in [-0.2, -0.15) is 0 Å². The van der Waals surface area contributed by atoms with Gasteiger partial charge in [-0.15, -0.1) is 0 Å². The molecule has 1 aromatic rings. The molecule has 0 saturated heterocycles. The van der Waals surface area contributed by atoms with Crippen LogP contribution in [0, 0.1) is 17.6 Å². The van der Waals surface area contributed by atoms with Crippen molar-refractivity contribution in [3.63, 3.8) is 0 Å². The van der Waals surface area contributed by atoms with Gasteiger partial charge in [-0.1, -0.05) is 6.07 Å². The van der Waals surface area contributed by atoms with Crippen molar-refractivity contribution in [2.24, 2.45) is 11.7 Å². The number of halogens is 2. The van der Waals surface area contributed by atoms with E-state index in [0.717, 1.165) is 12.1 Å². The van der Waals surface area contributed by atoms with Crippen LogP contribution in [0.15, 0.2) is 18.2 Å². The summed E-state index contributed by atoms with van der Waals surface area (Å²) in [5, 5.41) is 8.71. The Morgan fingerprint density at radius 1 is 1.40 bits per heavy atom. The number of rotatable bonds is 4. The van der Waals surface area contributed by atoms with E-state index in [1.807, 2.05) is 0 Å². The SMILES string of the molecule is NCC(Cc1ccc(F)c(F)c1)C(=O)O. The molecule has 0 heterocycles. The van der Waals surface area contributed by atoms with Crippen molar-refractivity contribution in [3.05, 3.63) is 35.4 Å². The first kappa shape index (κ1) is 11.6. The van der Waals surface area contributed by atoms with Crippen molar-refractivity contribution >= 4 is 5.97 Å². The molecule has 3 nitrogen and oxygen atoms in total. The molecule has 0 fully saturated rings. The Morgan fingerprint density at radius 3 is 2.53 bits per heavy atom. The molecule has 0 amide bonds. The van der Waals surface area contributed by atoms with Crippen molar-refractivity contribution < 1.29 is 18.7 Å². The monoisotopic (exact) mass is 215 g/mol. The van der Waals surface area contributed by atoms with Crippen molar-refractivity contribution in [3.8, 4) is 0 Å². The van der Waals surface area contributed by atoms with E-state index in [-0.39, 0.29) is 13.0 Å². The quantitative estimate of drug-likeness (QED) is 0.792. The standard InChI is InChI=1S/C10H11F2NO2/c11-8-2-1-6(4-9(8)12)3-7(5-13)10(14)15/h1-2,4,7H,3,5,13H2,(H,14,15). The number of benzene rings is 1. The average molecular weight is 215 g/mol. The van der Waals surface area contributed by atoms with E-state index in [2.05, 4.69) is 0 Å². The molecule has 15 heavy (non-hydrogen) atoms. The van der Waals surface area contributed by atoms with E-state index in [4.69, 9.17) is 10.8 Å². The van der Waals surface area contributed by atoms with Crippen LogP contribution in [0.5, 0.6) is 0 Å². The average Bonchev–Trinajstić information content (AvgIpc) is 2.19. The highest BCUT2D eigenvalue weighted by atomic mass is 19.2. The predicted octanol–water partition coefficient (Wildman–Crippen LogP) is 1.17. The van der Waals surface area contributed by atoms with E-state index in [0.29, 0.717) is 5.56 Å². The van der Waals surface area contributed by atoms with Crippen LogP contribution >= 0.6 is 0 Å². The van der Waals surface area contributed by atoms with Gasteiger partial charge in [0.1, 0.15) is 0 Å². The van der Waals surface area contributed by atoms with E-state index < -0.39 is 23.5 Å². The number of carboxylic acid groups (broad SMARTS) is 1. The van der Waals surface area contributed by atoms with Crippen molar-refractivity contribution in [2.75, 3.05) is 6.54 Å². The van der Waals surface area contributed by atoms with E-state index in [1.165, 1.54) is 6.07 Å². The Balaban J connectivity index is 2.80. The number of hydrogen-bond donors (Lipinski definition) is 2. The maximum Gasteiger partial charge on any atom is 0.308 e. The molecule has 0 bridgehead atoms. The molecule has 5 heteroatoms. The minimum absolute atomic E-state index is 0.0334. The highest BCUT2D eigenvalue weighted by Gasteiger charge is 2.16. The van der Waals surface area contributed by atoms with Crippen LogP contribution in [-0.2, 0) is 11.2 Å². The minimum atomic E-state index is -1.04. The lowest BCUT2D eigenvalue weighted by Crippen LogP contribution is -2.25. The normalized spacial score (nSPS) is 12.5. The second kappa shape index (κ2) is 4.84. The topological polar surface area (TPSA) is 63.3 Å². The maximum atomic E-state index is 12.8. The first-order valence-corrected chi connectivity index (χ1v) is 4.41. The van der Waals surface area contributed by atoms with Gasteiger partial charge in [0, 0.05) is 6.54 Å². The smallest absolute Gasteiger partial charge is 0.308 e. The summed E-state index contributed by atoms with van der Waals surface area (Å²) < 4.78 is 25.3. The molecule has 1 aromatic carbocycles. The summed E-state index contributed by atoms with van der Waals surface area (Å²) in [4.78, 5) is 10.6. The van der Waals surface area contributed by atoms with Gasteiger partial charge < -0.3 is 10.8 Å². The van der Waals surface area contributed by atoms with Gasteiger partial charge in [-0.05, 0) is 24.1 Å². The zero-order valence-electron chi connectivity index (χ0n) is 7.91. The van der Waals surface area contributed by atoms with E-state index in [9.17, 15) is 13.6 Å². The van der Waals surface area contributed by atoms with Crippen molar-refractivity contribution in [2.45, 2.75) is 6.42 Å². The summed E-state index contributed by atoms with van der Waals surface area (Å²) in [6.07, 6.45) is 0.100. The summed E-state index contributed by atoms with van der Waals surface area (Å²) >= 11 is 0. The molecule has 1 rings (SSSR count). The van der Waals surface area contributed by atoms with Crippen LogP contribution in [-0.4, -0.2) is 17.6 Å². The fraction of sp³-hybridized carbons (Fsp3) is 0.300. The van der Waals surface area contributed by atoms with Gasteiger partial charge in [0.2, 0.25) is 0 Å². The molecule has 0 aliphatic carbocycles. The molecule has 1 unspecified atom stereocenters. The van der Waals surface area contributed by atoms with Crippen LogP contribution in [0.1, 0.15) is 5.56 Å². The van der Waals surface area contributed by atoms with Gasteiger partial charge in [0.05, 0.1) is 5.92 Å². The van der Waals surface area contributed by atoms with Crippen molar-refractivity contribution in [1.29, 1.82) is 0 Å². The summed E-state index contributed by atoms with van der Waals surface area (Å²) in [6.45, 7) is -0.0334. The third-order valence-corrected chi connectivity index (χ3v) is 2.10. The van der Waals surface area contributed by atoms with Gasteiger partial charge in [-0.3, -0.25) is 4.79 Å². The lowest BCUT2D eigenvalue weighted by Gasteiger charge is -2.09. The van der Waals surface area contributed by atoms with E-state index in [1.54, 1.807) is 0 Å². The molecule has 0 aliphatic rings. The number of hydrogen-bond acceptors (Lipinski definition) is 2. The first-order valence-electron chi connectivity index (χ1n) is 4.41. The molecule has 82 valence electrons. The molecular formula is C10H11F2NO2. The lowest BCUT2D eigenvalue weighted by atomic mass is 9.99. The fourth-order valence-corrected chi connectivity index (χ4v) is 1.22. The van der Waals surface area contributed by atoms with Crippen LogP contribution in [0.3, 0.4) is 0 Å². The van der Waals surface area contributed by atoms with Gasteiger partial charge in [0.25, 0.3) is 0 Å². The van der Waals surface area contributed by atoms with Gasteiger partial charge in [-0.25, -0.2) is 8.78 Å². The Morgan fingerprint density at radius 2 is 2.07 bits per heavy atom. The Bertz CT molecular complexity index is 368. The molecule has 1 atom stereocenters. The highest BCUT2D eigenvalue weighted by Crippen LogP contribution is 2.12. The fourth-order valence-electron chi connectivity index (χ4n) is 1.22. The van der Waals surface area contributed by atoms with Gasteiger partial charge in [0.15, 0.2) is 11.6 Å². The Kier molecular flexibility index (Phi) is 3.74. The second-order valence-electron chi connectivity index (χ2n) is 3.22. The molecule has 0 radical (unpaired) electrons. The molecule has 0 aromatic heterocycles.